The first-order valence-electron chi connectivity index (χ1n) is 4.99. The zero-order valence-electron chi connectivity index (χ0n) is 8.76. The minimum Gasteiger partial charge on any atom is -0.475 e. The number of halogens is 3. The SMILES string of the molecule is O=C(O)C(F)(F)F.OCCC1CCNCC1. The molecular weight excluding hydrogens is 227 g/mol. The average molecular weight is 243 g/mol. The molecule has 96 valence electrons. The van der Waals surface area contributed by atoms with E-state index in [1.807, 2.05) is 0 Å². The van der Waals surface area contributed by atoms with Gasteiger partial charge >= 0.3 is 12.1 Å². The summed E-state index contributed by atoms with van der Waals surface area (Å²) in [6, 6.07) is 0. The molecule has 0 aromatic rings. The van der Waals surface area contributed by atoms with Crippen LogP contribution in [-0.2, 0) is 4.79 Å². The normalized spacial score (nSPS) is 17.5. The van der Waals surface area contributed by atoms with E-state index in [0.29, 0.717) is 6.61 Å². The molecule has 1 heterocycles. The van der Waals surface area contributed by atoms with Gasteiger partial charge in [-0.25, -0.2) is 4.79 Å². The molecule has 0 saturated carbocycles. The van der Waals surface area contributed by atoms with Gasteiger partial charge in [-0.1, -0.05) is 0 Å². The third kappa shape index (κ3) is 7.47. The maximum Gasteiger partial charge on any atom is 0.490 e. The van der Waals surface area contributed by atoms with Gasteiger partial charge in [0, 0.05) is 6.61 Å². The quantitative estimate of drug-likeness (QED) is 0.676. The first kappa shape index (κ1) is 15.2. The van der Waals surface area contributed by atoms with E-state index in [-0.39, 0.29) is 0 Å². The molecule has 0 bridgehead atoms. The zero-order valence-corrected chi connectivity index (χ0v) is 8.76. The van der Waals surface area contributed by atoms with Gasteiger partial charge in [0.05, 0.1) is 0 Å². The first-order valence-corrected chi connectivity index (χ1v) is 4.99. The first-order chi connectivity index (χ1) is 7.38. The topological polar surface area (TPSA) is 69.6 Å². The van der Waals surface area contributed by atoms with Crippen LogP contribution in [0.1, 0.15) is 19.3 Å². The average Bonchev–Trinajstić information content (AvgIpc) is 2.19. The molecule has 1 aliphatic rings. The number of rotatable bonds is 2. The highest BCUT2D eigenvalue weighted by atomic mass is 19.4. The number of piperidine rings is 1. The van der Waals surface area contributed by atoms with Crippen LogP contribution in [0.3, 0.4) is 0 Å². The second kappa shape index (κ2) is 7.45. The number of hydrogen-bond acceptors (Lipinski definition) is 3. The van der Waals surface area contributed by atoms with Crippen LogP contribution in [-0.4, -0.2) is 42.1 Å². The van der Waals surface area contributed by atoms with E-state index in [4.69, 9.17) is 15.0 Å². The molecule has 0 spiro atoms. The fourth-order valence-corrected chi connectivity index (χ4v) is 1.35. The maximum atomic E-state index is 10.6. The number of aliphatic hydroxyl groups excluding tert-OH is 1. The number of carbonyl (C=O) groups is 1. The van der Waals surface area contributed by atoms with E-state index in [9.17, 15) is 13.2 Å². The number of alkyl halides is 3. The molecule has 16 heavy (non-hydrogen) atoms. The van der Waals surface area contributed by atoms with Crippen molar-refractivity contribution >= 4 is 5.97 Å². The number of carboxylic acids is 1. The number of hydrogen-bond donors (Lipinski definition) is 3. The van der Waals surface area contributed by atoms with Gasteiger partial charge in [0.2, 0.25) is 0 Å². The van der Waals surface area contributed by atoms with Crippen molar-refractivity contribution in [2.24, 2.45) is 5.92 Å². The Labute approximate surface area is 91.5 Å². The van der Waals surface area contributed by atoms with Crippen LogP contribution in [0.2, 0.25) is 0 Å². The molecule has 1 fully saturated rings. The van der Waals surface area contributed by atoms with Crippen molar-refractivity contribution in [3.8, 4) is 0 Å². The lowest BCUT2D eigenvalue weighted by molar-refractivity contribution is -0.192. The van der Waals surface area contributed by atoms with Crippen LogP contribution >= 0.6 is 0 Å². The largest absolute Gasteiger partial charge is 0.490 e. The monoisotopic (exact) mass is 243 g/mol. The number of carboxylic acid groups (broad SMARTS) is 1. The molecule has 0 radical (unpaired) electrons. The Bertz CT molecular complexity index is 200. The minimum atomic E-state index is -5.08. The lowest BCUT2D eigenvalue weighted by atomic mass is 9.95. The zero-order chi connectivity index (χ0) is 12.6. The summed E-state index contributed by atoms with van der Waals surface area (Å²) < 4.78 is 31.7. The third-order valence-corrected chi connectivity index (χ3v) is 2.24. The van der Waals surface area contributed by atoms with E-state index in [1.54, 1.807) is 0 Å². The van der Waals surface area contributed by atoms with Crippen molar-refractivity contribution in [1.82, 2.24) is 5.32 Å². The maximum absolute atomic E-state index is 10.6. The highest BCUT2D eigenvalue weighted by Crippen LogP contribution is 2.14. The molecule has 0 aromatic heterocycles. The van der Waals surface area contributed by atoms with Crippen LogP contribution in [0.5, 0.6) is 0 Å². The summed E-state index contributed by atoms with van der Waals surface area (Å²) in [5.74, 6) is -1.97. The van der Waals surface area contributed by atoms with Gasteiger partial charge in [-0.2, -0.15) is 13.2 Å². The Hall–Kier alpha value is -0.820. The predicted octanol–water partition coefficient (Wildman–Crippen LogP) is 1.00. The molecule has 0 amide bonds. The summed E-state index contributed by atoms with van der Waals surface area (Å²) in [5, 5.41) is 19.0. The van der Waals surface area contributed by atoms with Crippen LogP contribution in [0.4, 0.5) is 13.2 Å². The molecule has 1 rings (SSSR count). The summed E-state index contributed by atoms with van der Waals surface area (Å²) >= 11 is 0. The smallest absolute Gasteiger partial charge is 0.475 e. The van der Waals surface area contributed by atoms with Gasteiger partial charge < -0.3 is 15.5 Å². The van der Waals surface area contributed by atoms with E-state index >= 15 is 0 Å². The molecule has 0 aliphatic carbocycles. The number of nitrogens with one attached hydrogen (secondary N) is 1. The van der Waals surface area contributed by atoms with E-state index in [0.717, 1.165) is 25.4 Å². The van der Waals surface area contributed by atoms with Gasteiger partial charge in [0.1, 0.15) is 0 Å². The van der Waals surface area contributed by atoms with Gasteiger partial charge in [-0.3, -0.25) is 0 Å². The van der Waals surface area contributed by atoms with Crippen molar-refractivity contribution < 1.29 is 28.2 Å². The Morgan fingerprint density at radius 2 is 1.75 bits per heavy atom. The second-order valence-corrected chi connectivity index (χ2v) is 3.51. The summed E-state index contributed by atoms with van der Waals surface area (Å²) in [4.78, 5) is 8.90. The van der Waals surface area contributed by atoms with E-state index in [1.165, 1.54) is 12.8 Å². The Kier molecular flexibility index (Phi) is 7.07. The lowest BCUT2D eigenvalue weighted by Gasteiger charge is -2.21. The Morgan fingerprint density at radius 1 is 1.31 bits per heavy atom. The van der Waals surface area contributed by atoms with Crippen molar-refractivity contribution in [3.05, 3.63) is 0 Å². The molecule has 1 aliphatic heterocycles. The van der Waals surface area contributed by atoms with Crippen LogP contribution < -0.4 is 5.32 Å². The van der Waals surface area contributed by atoms with Crippen LogP contribution in [0, 0.1) is 5.92 Å². The van der Waals surface area contributed by atoms with Gasteiger partial charge in [-0.05, 0) is 38.3 Å². The fraction of sp³-hybridized carbons (Fsp3) is 0.889. The van der Waals surface area contributed by atoms with Crippen molar-refractivity contribution in [2.75, 3.05) is 19.7 Å². The molecule has 1 saturated heterocycles. The van der Waals surface area contributed by atoms with E-state index < -0.39 is 12.1 Å². The molecular formula is C9H16F3NO3. The lowest BCUT2D eigenvalue weighted by Crippen LogP contribution is -2.28. The molecule has 4 nitrogen and oxygen atoms in total. The van der Waals surface area contributed by atoms with Crippen molar-refractivity contribution in [2.45, 2.75) is 25.4 Å². The fourth-order valence-electron chi connectivity index (χ4n) is 1.35. The highest BCUT2D eigenvalue weighted by Gasteiger charge is 2.38. The van der Waals surface area contributed by atoms with Crippen molar-refractivity contribution in [3.63, 3.8) is 0 Å². The van der Waals surface area contributed by atoms with Gasteiger partial charge in [-0.15, -0.1) is 0 Å². The summed E-state index contributed by atoms with van der Waals surface area (Å²) in [7, 11) is 0. The van der Waals surface area contributed by atoms with Gasteiger partial charge in [0.25, 0.3) is 0 Å². The highest BCUT2D eigenvalue weighted by molar-refractivity contribution is 5.73. The van der Waals surface area contributed by atoms with Crippen LogP contribution in [0.25, 0.3) is 0 Å². The molecule has 0 atom stereocenters. The molecule has 0 aromatic carbocycles. The summed E-state index contributed by atoms with van der Waals surface area (Å²) in [5.41, 5.74) is 0. The van der Waals surface area contributed by atoms with Crippen molar-refractivity contribution in [1.29, 1.82) is 0 Å². The standard InChI is InChI=1S/C7H15NO.C2HF3O2/c9-6-3-7-1-4-8-5-2-7;3-2(4,5)1(6)7/h7-9H,1-6H2;(H,6,7). The Balaban J connectivity index is 0.000000293. The minimum absolute atomic E-state index is 0.366. The molecule has 7 heteroatoms. The van der Waals surface area contributed by atoms with E-state index in [2.05, 4.69) is 5.32 Å². The summed E-state index contributed by atoms with van der Waals surface area (Å²) in [6.07, 6.45) is -1.58. The van der Waals surface area contributed by atoms with Crippen LogP contribution in [0.15, 0.2) is 0 Å². The Morgan fingerprint density at radius 3 is 2.06 bits per heavy atom. The molecule has 3 N–H and O–H groups in total. The third-order valence-electron chi connectivity index (χ3n) is 2.24. The van der Waals surface area contributed by atoms with Gasteiger partial charge in [0.15, 0.2) is 0 Å². The second-order valence-electron chi connectivity index (χ2n) is 3.51. The molecule has 0 unspecified atom stereocenters. The summed E-state index contributed by atoms with van der Waals surface area (Å²) in [6.45, 7) is 2.65. The number of aliphatic hydroxyl groups is 1. The number of aliphatic carboxylic acids is 1. The predicted molar refractivity (Wildman–Crippen MR) is 51.0 cm³/mol.